The summed E-state index contributed by atoms with van der Waals surface area (Å²) in [6.07, 6.45) is 1.14. The smallest absolute Gasteiger partial charge is 0.332 e. The number of aromatic nitrogens is 3. The Balaban J connectivity index is 1.49. The molecule has 2 atom stereocenters. The van der Waals surface area contributed by atoms with Crippen LogP contribution in [0.1, 0.15) is 35.2 Å². The number of aromatic amines is 1. The third kappa shape index (κ3) is 4.62. The van der Waals surface area contributed by atoms with E-state index in [2.05, 4.69) is 16.4 Å². The molecule has 1 amide bonds. The molecule has 1 aromatic carbocycles. The summed E-state index contributed by atoms with van der Waals surface area (Å²) in [4.78, 5) is 41.7. The van der Waals surface area contributed by atoms with Crippen molar-refractivity contribution in [3.63, 3.8) is 0 Å². The minimum atomic E-state index is -1.05. The molecule has 2 fully saturated rings. The van der Waals surface area contributed by atoms with Crippen LogP contribution >= 0.6 is 0 Å². The van der Waals surface area contributed by atoms with Crippen LogP contribution in [0.3, 0.4) is 0 Å². The largest absolute Gasteiger partial charge is 0.479 e. The molecular weight excluding hydrogens is 492 g/mol. The lowest BCUT2D eigenvalue weighted by Crippen LogP contribution is -2.46. The first-order valence-electron chi connectivity index (χ1n) is 12.4. The summed E-state index contributed by atoms with van der Waals surface area (Å²) in [7, 11) is 0. The molecule has 12 nitrogen and oxygen atoms in total. The first-order valence-corrected chi connectivity index (χ1v) is 12.4. The Labute approximate surface area is 217 Å². The van der Waals surface area contributed by atoms with Gasteiger partial charge in [-0.3, -0.25) is 14.3 Å². The van der Waals surface area contributed by atoms with Gasteiger partial charge in [-0.2, -0.15) is 10.4 Å². The second-order valence-corrected chi connectivity index (χ2v) is 9.62. The minimum Gasteiger partial charge on any atom is -0.479 e. The lowest BCUT2D eigenvalue weighted by atomic mass is 9.87. The average Bonchev–Trinajstić information content (AvgIpc) is 3.29. The van der Waals surface area contributed by atoms with Gasteiger partial charge in [-0.15, -0.1) is 0 Å². The molecular formula is C26H28N6O6. The van der Waals surface area contributed by atoms with Crippen LogP contribution in [0.15, 0.2) is 35.3 Å². The predicted octanol–water partition coefficient (Wildman–Crippen LogP) is 2.12. The Hall–Kier alpha value is -4.21. The minimum absolute atomic E-state index is 0.0276. The second kappa shape index (κ2) is 10.3. The molecule has 3 aromatic rings. The van der Waals surface area contributed by atoms with Crippen LogP contribution in [0, 0.1) is 18.3 Å². The predicted molar refractivity (Wildman–Crippen MR) is 136 cm³/mol. The van der Waals surface area contributed by atoms with E-state index in [9.17, 15) is 24.8 Å². The highest BCUT2D eigenvalue weighted by Gasteiger charge is 2.42. The van der Waals surface area contributed by atoms with Gasteiger partial charge in [-0.1, -0.05) is 0 Å². The van der Waals surface area contributed by atoms with E-state index < -0.39 is 17.6 Å². The quantitative estimate of drug-likeness (QED) is 0.442. The molecule has 2 aliphatic heterocycles. The maximum absolute atomic E-state index is 13.0. The number of nitrogens with zero attached hydrogens (tertiary/aromatic N) is 4. The zero-order valence-corrected chi connectivity index (χ0v) is 20.9. The lowest BCUT2D eigenvalue weighted by Gasteiger charge is -2.38. The number of pyridine rings is 1. The van der Waals surface area contributed by atoms with Crippen molar-refractivity contribution in [1.82, 2.24) is 19.7 Å². The van der Waals surface area contributed by atoms with Crippen molar-refractivity contribution < 1.29 is 24.2 Å². The zero-order valence-electron chi connectivity index (χ0n) is 20.9. The lowest BCUT2D eigenvalue weighted by molar-refractivity contribution is -0.158. The highest BCUT2D eigenvalue weighted by Crippen LogP contribution is 2.37. The van der Waals surface area contributed by atoms with E-state index in [1.165, 1.54) is 6.20 Å². The highest BCUT2D eigenvalue weighted by molar-refractivity contribution is 5.96. The van der Waals surface area contributed by atoms with Crippen LogP contribution in [0.2, 0.25) is 0 Å². The van der Waals surface area contributed by atoms with Crippen molar-refractivity contribution in [2.24, 2.45) is 0 Å². The molecule has 0 spiro atoms. The van der Waals surface area contributed by atoms with Crippen LogP contribution < -0.4 is 10.9 Å². The zero-order chi connectivity index (χ0) is 26.9. The average molecular weight is 521 g/mol. The van der Waals surface area contributed by atoms with Crippen LogP contribution in [-0.2, 0) is 19.8 Å². The number of hydrogen-bond acceptors (Lipinski definition) is 8. The number of carboxylic acids is 1. The maximum atomic E-state index is 13.0. The number of H-pyrrole nitrogens is 1. The Kier molecular flexibility index (Phi) is 6.88. The number of benzene rings is 1. The van der Waals surface area contributed by atoms with Gasteiger partial charge in [0.2, 0.25) is 0 Å². The number of fused-ring (bicyclic) bond motifs is 1. The number of ether oxygens (including phenoxy) is 2. The Morgan fingerprint density at radius 1 is 1.32 bits per heavy atom. The molecule has 5 rings (SSSR count). The molecule has 2 aliphatic rings. The number of aliphatic carboxylic acids is 1. The number of rotatable bonds is 6. The van der Waals surface area contributed by atoms with Gasteiger partial charge >= 0.3 is 5.97 Å². The molecule has 2 aromatic heterocycles. The van der Waals surface area contributed by atoms with Crippen LogP contribution in [0.4, 0.5) is 11.5 Å². The molecule has 0 saturated carbocycles. The SMILES string of the molecule is Cc1cc(Nc2nn(C3(CC#N)CCC(C(=O)O)OC3)c3cc[nH]c(=O)c23)ccc1C(=O)N1CCOCC1. The fraction of sp³-hybridized carbons (Fsp3) is 0.423. The van der Waals surface area contributed by atoms with Crippen molar-refractivity contribution in [3.8, 4) is 6.07 Å². The fourth-order valence-corrected chi connectivity index (χ4v) is 5.12. The maximum Gasteiger partial charge on any atom is 0.332 e. The highest BCUT2D eigenvalue weighted by atomic mass is 16.5. The molecule has 198 valence electrons. The molecule has 0 radical (unpaired) electrons. The van der Waals surface area contributed by atoms with Crippen LogP contribution in [-0.4, -0.2) is 75.7 Å². The van der Waals surface area contributed by atoms with Crippen LogP contribution in [0.25, 0.3) is 10.9 Å². The molecule has 38 heavy (non-hydrogen) atoms. The second-order valence-electron chi connectivity index (χ2n) is 9.62. The van der Waals surface area contributed by atoms with Gasteiger partial charge in [-0.25, -0.2) is 4.79 Å². The van der Waals surface area contributed by atoms with Crippen molar-refractivity contribution >= 4 is 34.3 Å². The van der Waals surface area contributed by atoms with Crippen molar-refractivity contribution in [2.45, 2.75) is 37.8 Å². The van der Waals surface area contributed by atoms with E-state index in [1.807, 2.05) is 13.0 Å². The Bertz CT molecular complexity index is 1470. The van der Waals surface area contributed by atoms with E-state index in [4.69, 9.17) is 14.6 Å². The molecule has 0 bridgehead atoms. The first-order chi connectivity index (χ1) is 18.3. The molecule has 2 unspecified atom stereocenters. The van der Waals surface area contributed by atoms with Gasteiger partial charge in [0.05, 0.1) is 43.4 Å². The summed E-state index contributed by atoms with van der Waals surface area (Å²) < 4.78 is 12.6. The summed E-state index contributed by atoms with van der Waals surface area (Å²) in [5, 5.41) is 27.2. The Morgan fingerprint density at radius 2 is 2.11 bits per heavy atom. The van der Waals surface area contributed by atoms with Gasteiger partial charge in [0, 0.05) is 30.5 Å². The van der Waals surface area contributed by atoms with Gasteiger partial charge in [-0.05, 0) is 49.6 Å². The molecule has 3 N–H and O–H groups in total. The van der Waals surface area contributed by atoms with Gasteiger partial charge in [0.1, 0.15) is 5.39 Å². The number of carboxylic acid groups (broad SMARTS) is 1. The summed E-state index contributed by atoms with van der Waals surface area (Å²) >= 11 is 0. The number of nitriles is 1. The van der Waals surface area contributed by atoms with Gasteiger partial charge in [0.15, 0.2) is 11.9 Å². The van der Waals surface area contributed by atoms with Gasteiger partial charge < -0.3 is 29.8 Å². The summed E-state index contributed by atoms with van der Waals surface area (Å²) in [5.41, 5.74) is 1.20. The number of carbonyl (C=O) groups excluding carboxylic acids is 1. The topological polar surface area (TPSA) is 163 Å². The van der Waals surface area contributed by atoms with Crippen molar-refractivity contribution in [3.05, 3.63) is 51.9 Å². The monoisotopic (exact) mass is 520 g/mol. The van der Waals surface area contributed by atoms with E-state index in [1.54, 1.807) is 27.8 Å². The van der Waals surface area contributed by atoms with E-state index in [-0.39, 0.29) is 36.7 Å². The van der Waals surface area contributed by atoms with Gasteiger partial charge in [0.25, 0.3) is 11.5 Å². The number of hydrogen-bond donors (Lipinski definition) is 3. The van der Waals surface area contributed by atoms with Crippen LogP contribution in [0.5, 0.6) is 0 Å². The standard InChI is InChI=1S/C26H28N6O6/c1-16-14-17(2-3-18(16)24(34)31-10-12-37-13-11-31)29-22-21-19(5-9-28-23(21)33)32(30-22)26(7-8-27)6-4-20(25(35)36)38-15-26/h2-3,5,9,14,20H,4,6-7,10-13,15H2,1H3,(H,28,33)(H,29,30)(H,35,36). The summed E-state index contributed by atoms with van der Waals surface area (Å²) in [6.45, 7) is 3.95. The third-order valence-corrected chi connectivity index (χ3v) is 7.18. The van der Waals surface area contributed by atoms with E-state index >= 15 is 0 Å². The number of anilines is 2. The van der Waals surface area contributed by atoms with E-state index in [0.717, 1.165) is 5.56 Å². The van der Waals surface area contributed by atoms with Crippen molar-refractivity contribution in [1.29, 1.82) is 5.26 Å². The number of amides is 1. The Morgan fingerprint density at radius 3 is 2.76 bits per heavy atom. The molecule has 0 aliphatic carbocycles. The molecule has 2 saturated heterocycles. The summed E-state index contributed by atoms with van der Waals surface area (Å²) in [6, 6.07) is 9.20. The fourth-order valence-electron chi connectivity index (χ4n) is 5.12. The van der Waals surface area contributed by atoms with E-state index in [0.29, 0.717) is 54.9 Å². The third-order valence-electron chi connectivity index (χ3n) is 7.18. The number of nitrogens with one attached hydrogen (secondary N) is 2. The molecule has 4 heterocycles. The van der Waals surface area contributed by atoms with Crippen molar-refractivity contribution in [2.75, 3.05) is 38.2 Å². The number of aryl methyl sites for hydroxylation is 1. The number of morpholine rings is 1. The summed E-state index contributed by atoms with van der Waals surface area (Å²) in [5.74, 6) is -0.823. The first kappa shape index (κ1) is 25.4. The number of carbonyl (C=O) groups is 2. The molecule has 12 heteroatoms. The normalized spacial score (nSPS) is 21.7.